The number of thioether (sulfide) groups is 1. The molecule has 0 radical (unpaired) electrons. The summed E-state index contributed by atoms with van der Waals surface area (Å²) in [6, 6.07) is 22.6. The normalized spacial score (nSPS) is 22.8. The Morgan fingerprint density at radius 3 is 2.36 bits per heavy atom. The average Bonchev–Trinajstić information content (AvgIpc) is 2.90. The van der Waals surface area contributed by atoms with Crippen molar-refractivity contribution in [3.63, 3.8) is 0 Å². The Bertz CT molecular complexity index is 1170. The predicted octanol–water partition coefficient (Wildman–Crippen LogP) is 6.51. The Labute approximate surface area is 215 Å². The molecule has 188 valence electrons. The molecule has 2 bridgehead atoms. The molecule has 3 heterocycles. The van der Waals surface area contributed by atoms with Gasteiger partial charge in [-0.05, 0) is 42.0 Å². The number of halogens is 2. The van der Waals surface area contributed by atoms with Gasteiger partial charge in [-0.3, -0.25) is 4.90 Å². The minimum absolute atomic E-state index is 0.141. The zero-order valence-corrected chi connectivity index (χ0v) is 21.0. The lowest BCUT2D eigenvalue weighted by atomic mass is 9.83. The fourth-order valence-electron chi connectivity index (χ4n) is 5.41. The van der Waals surface area contributed by atoms with E-state index >= 15 is 0 Å². The van der Waals surface area contributed by atoms with E-state index in [1.165, 1.54) is 18.2 Å². The van der Waals surface area contributed by atoms with E-state index in [1.54, 1.807) is 34.9 Å². The number of quaternary nitrogens is 1. The second-order valence-corrected chi connectivity index (χ2v) is 10.9. The number of amides is 1. The first kappa shape index (κ1) is 24.8. The van der Waals surface area contributed by atoms with E-state index in [9.17, 15) is 13.6 Å². The van der Waals surface area contributed by atoms with Crippen LogP contribution in [0.15, 0.2) is 83.8 Å². The molecule has 4 nitrogen and oxygen atoms in total. The minimum atomic E-state index is -0.372. The maximum absolute atomic E-state index is 14.0. The Morgan fingerprint density at radius 2 is 1.64 bits per heavy atom. The lowest BCUT2D eigenvalue weighted by molar-refractivity contribution is -0.943. The zero-order valence-electron chi connectivity index (χ0n) is 20.2. The highest BCUT2D eigenvalue weighted by Crippen LogP contribution is 2.37. The number of hydrogen-bond acceptors (Lipinski definition) is 3. The van der Waals surface area contributed by atoms with Crippen molar-refractivity contribution in [3.8, 4) is 0 Å². The van der Waals surface area contributed by atoms with Gasteiger partial charge in [-0.1, -0.05) is 42.5 Å². The largest absolute Gasteiger partial charge is 0.440 e. The van der Waals surface area contributed by atoms with Crippen LogP contribution in [-0.4, -0.2) is 48.6 Å². The number of fused-ring (bicyclic) bond motifs is 3. The Balaban J connectivity index is 1.25. The van der Waals surface area contributed by atoms with Gasteiger partial charge in [0, 0.05) is 35.1 Å². The standard InChI is InChI=1S/C29H31F2N2O2S/c30-24-12-10-22(11-13-24)20-32(25-6-2-1-3-7-25)29(34)35-27-21-33(16-14-23(27)15-17-33)18-19-36-28-9-5-4-8-26(28)31/h1-13,23,27H,14-21H2/q+1/t23?,27-,33?/m0/s1. The molecule has 0 aliphatic carbocycles. The van der Waals surface area contributed by atoms with Crippen LogP contribution in [0, 0.1) is 17.6 Å². The van der Waals surface area contributed by atoms with Crippen molar-refractivity contribution in [2.24, 2.45) is 5.92 Å². The maximum atomic E-state index is 14.0. The molecule has 1 amide bonds. The third kappa shape index (κ3) is 5.73. The van der Waals surface area contributed by atoms with Crippen LogP contribution in [0.25, 0.3) is 0 Å². The molecule has 3 aromatic rings. The van der Waals surface area contributed by atoms with E-state index in [0.29, 0.717) is 17.4 Å². The molecule has 0 unspecified atom stereocenters. The molecule has 3 saturated heterocycles. The summed E-state index contributed by atoms with van der Waals surface area (Å²) < 4.78 is 34.5. The van der Waals surface area contributed by atoms with Gasteiger partial charge < -0.3 is 9.22 Å². The van der Waals surface area contributed by atoms with Gasteiger partial charge >= 0.3 is 6.09 Å². The highest BCUT2D eigenvalue weighted by molar-refractivity contribution is 7.99. The number of hydrogen-bond donors (Lipinski definition) is 0. The summed E-state index contributed by atoms with van der Waals surface area (Å²) >= 11 is 1.56. The molecule has 3 aromatic carbocycles. The van der Waals surface area contributed by atoms with E-state index in [1.807, 2.05) is 42.5 Å². The van der Waals surface area contributed by atoms with Crippen molar-refractivity contribution in [1.82, 2.24) is 0 Å². The Hall–Kier alpha value is -2.90. The number of carbonyl (C=O) groups is 1. The van der Waals surface area contributed by atoms with Gasteiger partial charge in [0.15, 0.2) is 6.10 Å². The van der Waals surface area contributed by atoms with Crippen LogP contribution in [0.1, 0.15) is 18.4 Å². The summed E-state index contributed by atoms with van der Waals surface area (Å²) in [5, 5.41) is 0. The number of piperidine rings is 3. The van der Waals surface area contributed by atoms with Crippen LogP contribution in [0.2, 0.25) is 0 Å². The molecular formula is C29H31F2N2O2S+. The number of benzene rings is 3. The average molecular weight is 510 g/mol. The molecule has 36 heavy (non-hydrogen) atoms. The summed E-state index contributed by atoms with van der Waals surface area (Å²) in [4.78, 5) is 15.8. The van der Waals surface area contributed by atoms with Gasteiger partial charge in [0.05, 0.1) is 26.2 Å². The van der Waals surface area contributed by atoms with Crippen LogP contribution in [-0.2, 0) is 11.3 Å². The fourth-order valence-corrected chi connectivity index (χ4v) is 6.49. The first-order chi connectivity index (χ1) is 17.5. The van der Waals surface area contributed by atoms with Gasteiger partial charge in [-0.15, -0.1) is 11.8 Å². The number of carbonyl (C=O) groups excluding carboxylic acids is 1. The number of nitrogens with zero attached hydrogens (tertiary/aromatic N) is 2. The molecule has 3 aliphatic rings. The second-order valence-electron chi connectivity index (χ2n) is 9.78. The Kier molecular flexibility index (Phi) is 7.58. The monoisotopic (exact) mass is 509 g/mol. The molecule has 1 atom stereocenters. The van der Waals surface area contributed by atoms with Crippen molar-refractivity contribution < 1.29 is 22.8 Å². The van der Waals surface area contributed by atoms with Crippen LogP contribution in [0.4, 0.5) is 19.3 Å². The summed E-state index contributed by atoms with van der Waals surface area (Å²) in [6.45, 7) is 4.19. The highest BCUT2D eigenvalue weighted by atomic mass is 32.2. The van der Waals surface area contributed by atoms with Crippen molar-refractivity contribution in [2.75, 3.05) is 36.8 Å². The lowest BCUT2D eigenvalue weighted by Gasteiger charge is -2.52. The third-order valence-electron chi connectivity index (χ3n) is 7.50. The summed E-state index contributed by atoms with van der Waals surface area (Å²) in [7, 11) is 0. The second kappa shape index (κ2) is 11.0. The van der Waals surface area contributed by atoms with Crippen LogP contribution in [0.5, 0.6) is 0 Å². The van der Waals surface area contributed by atoms with Gasteiger partial charge in [-0.25, -0.2) is 13.6 Å². The topological polar surface area (TPSA) is 29.5 Å². The number of para-hydroxylation sites is 1. The first-order valence-electron chi connectivity index (χ1n) is 12.5. The van der Waals surface area contributed by atoms with E-state index < -0.39 is 0 Å². The van der Waals surface area contributed by atoms with E-state index in [4.69, 9.17) is 4.74 Å². The van der Waals surface area contributed by atoms with Crippen LogP contribution < -0.4 is 4.90 Å². The number of rotatable bonds is 8. The molecule has 0 saturated carbocycles. The highest BCUT2D eigenvalue weighted by Gasteiger charge is 2.47. The van der Waals surface area contributed by atoms with E-state index in [-0.39, 0.29) is 23.8 Å². The van der Waals surface area contributed by atoms with Gasteiger partial charge in [-0.2, -0.15) is 0 Å². The van der Waals surface area contributed by atoms with Gasteiger partial charge in [0.1, 0.15) is 18.2 Å². The first-order valence-corrected chi connectivity index (χ1v) is 13.5. The SMILES string of the molecule is O=C(O[C@H]1C[N+]2(CCSc3ccccc3F)CCC1CC2)N(Cc1ccc(F)cc1)c1ccccc1. The van der Waals surface area contributed by atoms with Crippen molar-refractivity contribution in [3.05, 3.63) is 96.1 Å². The van der Waals surface area contributed by atoms with Crippen LogP contribution in [0.3, 0.4) is 0 Å². The summed E-state index contributed by atoms with van der Waals surface area (Å²) in [6.07, 6.45) is 1.55. The Morgan fingerprint density at radius 1 is 0.944 bits per heavy atom. The smallest absolute Gasteiger partial charge is 0.415 e. The molecule has 0 aromatic heterocycles. The molecule has 7 heteroatoms. The fraction of sp³-hybridized carbons (Fsp3) is 0.345. The molecular weight excluding hydrogens is 478 g/mol. The molecule has 3 fully saturated rings. The van der Waals surface area contributed by atoms with Gasteiger partial charge in [0.25, 0.3) is 0 Å². The number of anilines is 1. The zero-order chi connectivity index (χ0) is 25.0. The molecule has 0 N–H and O–H groups in total. The van der Waals surface area contributed by atoms with Gasteiger partial charge in [0.2, 0.25) is 0 Å². The molecule has 6 rings (SSSR count). The maximum Gasteiger partial charge on any atom is 0.415 e. The lowest BCUT2D eigenvalue weighted by Crippen LogP contribution is -2.65. The third-order valence-corrected chi connectivity index (χ3v) is 8.52. The number of ether oxygens (including phenoxy) is 1. The minimum Gasteiger partial charge on any atom is -0.440 e. The van der Waals surface area contributed by atoms with Crippen molar-refractivity contribution >= 4 is 23.5 Å². The molecule has 3 aliphatic heterocycles. The van der Waals surface area contributed by atoms with E-state index in [2.05, 4.69) is 0 Å². The van der Waals surface area contributed by atoms with Crippen molar-refractivity contribution in [1.29, 1.82) is 0 Å². The van der Waals surface area contributed by atoms with Crippen LogP contribution >= 0.6 is 11.8 Å². The van der Waals surface area contributed by atoms with Crippen molar-refractivity contribution in [2.45, 2.75) is 30.4 Å². The predicted molar refractivity (Wildman–Crippen MR) is 139 cm³/mol. The summed E-state index contributed by atoms with van der Waals surface area (Å²) in [5.41, 5.74) is 1.58. The molecule has 0 spiro atoms. The summed E-state index contributed by atoms with van der Waals surface area (Å²) in [5.74, 6) is 0.722. The quantitative estimate of drug-likeness (QED) is 0.256. The van der Waals surface area contributed by atoms with E-state index in [0.717, 1.165) is 60.5 Å².